The highest BCUT2D eigenvalue weighted by atomic mass is 16.5. The Bertz CT molecular complexity index is 1680. The maximum atomic E-state index is 13.8. The zero-order chi connectivity index (χ0) is 27.4. The number of piperidine rings is 1. The fourth-order valence-electron chi connectivity index (χ4n) is 6.70. The summed E-state index contributed by atoms with van der Waals surface area (Å²) in [6.45, 7) is 4.70. The van der Waals surface area contributed by atoms with Crippen molar-refractivity contribution in [3.8, 4) is 0 Å². The number of hydrogen-bond acceptors (Lipinski definition) is 6. The van der Waals surface area contributed by atoms with Crippen LogP contribution >= 0.6 is 0 Å². The van der Waals surface area contributed by atoms with Crippen molar-refractivity contribution in [1.29, 1.82) is 0 Å². The summed E-state index contributed by atoms with van der Waals surface area (Å²) in [6, 6.07) is 13.7. The number of ether oxygens (including phenoxy) is 1. The molecule has 3 saturated heterocycles. The van der Waals surface area contributed by atoms with Gasteiger partial charge in [0.05, 0.1) is 23.9 Å². The summed E-state index contributed by atoms with van der Waals surface area (Å²) >= 11 is 0. The first-order valence-electron chi connectivity index (χ1n) is 14.0. The minimum Gasteiger partial charge on any atom is -0.381 e. The van der Waals surface area contributed by atoms with E-state index in [1.54, 1.807) is 12.3 Å². The number of benzene rings is 2. The molecule has 10 nitrogen and oxygen atoms in total. The second kappa shape index (κ2) is 9.48. The topological polar surface area (TPSA) is 112 Å². The third-order valence-corrected chi connectivity index (χ3v) is 8.95. The molecule has 0 radical (unpaired) electrons. The Morgan fingerprint density at radius 3 is 2.55 bits per heavy atom. The van der Waals surface area contributed by atoms with Crippen molar-refractivity contribution in [2.24, 2.45) is 0 Å². The molecule has 7 rings (SSSR count). The summed E-state index contributed by atoms with van der Waals surface area (Å²) in [7, 11) is 0. The zero-order valence-corrected chi connectivity index (χ0v) is 22.5. The fourth-order valence-corrected chi connectivity index (χ4v) is 6.70. The second-order valence-corrected chi connectivity index (χ2v) is 11.1. The normalized spacial score (nSPS) is 19.6. The quantitative estimate of drug-likeness (QED) is 0.413. The lowest BCUT2D eigenvalue weighted by molar-refractivity contribution is -0.124. The number of fused-ring (bicyclic) bond motifs is 3. The van der Waals surface area contributed by atoms with Gasteiger partial charge in [0.2, 0.25) is 5.91 Å². The van der Waals surface area contributed by atoms with Gasteiger partial charge in [-0.05, 0) is 62.4 Å². The molecule has 2 aromatic carbocycles. The van der Waals surface area contributed by atoms with Gasteiger partial charge in [-0.15, -0.1) is 0 Å². The van der Waals surface area contributed by atoms with Crippen molar-refractivity contribution in [1.82, 2.24) is 24.6 Å². The third kappa shape index (κ3) is 3.81. The number of para-hydroxylation sites is 1. The SMILES string of the molecule is Cc1cc2c(cc1C(=O)N1CCC3(CC1)C(=O)NCN3c1ccccc1)[nH]c(=O)c1cnc(C3CCOCC3)n12. The Morgan fingerprint density at radius 1 is 1.05 bits per heavy atom. The van der Waals surface area contributed by atoms with Gasteiger partial charge >= 0.3 is 0 Å². The molecule has 3 aliphatic rings. The van der Waals surface area contributed by atoms with Gasteiger partial charge in [-0.25, -0.2) is 4.98 Å². The van der Waals surface area contributed by atoms with E-state index in [-0.39, 0.29) is 23.3 Å². The number of aromatic nitrogens is 3. The number of likely N-dealkylation sites (tertiary alicyclic amines) is 1. The van der Waals surface area contributed by atoms with Crippen molar-refractivity contribution < 1.29 is 14.3 Å². The number of amides is 2. The lowest BCUT2D eigenvalue weighted by atomic mass is 9.85. The van der Waals surface area contributed by atoms with Crippen LogP contribution in [0.1, 0.15) is 53.3 Å². The number of rotatable bonds is 3. The summed E-state index contributed by atoms with van der Waals surface area (Å²) in [5.74, 6) is 1.02. The molecule has 2 aromatic heterocycles. The average molecular weight is 541 g/mol. The minimum atomic E-state index is -0.657. The predicted octanol–water partition coefficient (Wildman–Crippen LogP) is 2.95. The lowest BCUT2D eigenvalue weighted by Gasteiger charge is -2.43. The van der Waals surface area contributed by atoms with Crippen molar-refractivity contribution >= 4 is 34.1 Å². The van der Waals surface area contributed by atoms with Crippen LogP contribution in [-0.4, -0.2) is 69.6 Å². The van der Waals surface area contributed by atoms with E-state index in [2.05, 4.69) is 20.2 Å². The first-order chi connectivity index (χ1) is 19.5. The first kappa shape index (κ1) is 24.8. The number of carbonyl (C=O) groups is 2. The van der Waals surface area contributed by atoms with Crippen molar-refractivity contribution in [2.45, 2.75) is 44.1 Å². The van der Waals surface area contributed by atoms with E-state index in [0.29, 0.717) is 62.4 Å². The van der Waals surface area contributed by atoms with E-state index < -0.39 is 5.54 Å². The number of aromatic amines is 1. The van der Waals surface area contributed by atoms with Gasteiger partial charge in [-0.1, -0.05) is 18.2 Å². The lowest BCUT2D eigenvalue weighted by Crippen LogP contribution is -2.57. The number of anilines is 1. The number of imidazole rings is 1. The fraction of sp³-hybridized carbons (Fsp3) is 0.400. The third-order valence-electron chi connectivity index (χ3n) is 8.95. The Labute approximate surface area is 230 Å². The van der Waals surface area contributed by atoms with Gasteiger partial charge in [0.1, 0.15) is 16.9 Å². The minimum absolute atomic E-state index is 0.0209. The van der Waals surface area contributed by atoms with Crippen LogP contribution in [-0.2, 0) is 9.53 Å². The maximum Gasteiger partial charge on any atom is 0.274 e. The van der Waals surface area contributed by atoms with E-state index >= 15 is 0 Å². The zero-order valence-electron chi connectivity index (χ0n) is 22.5. The molecule has 0 bridgehead atoms. The largest absolute Gasteiger partial charge is 0.381 e. The molecule has 0 atom stereocenters. The predicted molar refractivity (Wildman–Crippen MR) is 151 cm³/mol. The van der Waals surface area contributed by atoms with E-state index in [1.807, 2.05) is 52.6 Å². The summed E-state index contributed by atoms with van der Waals surface area (Å²) in [5.41, 5.74) is 3.46. The molecule has 3 aliphatic heterocycles. The van der Waals surface area contributed by atoms with Crippen molar-refractivity contribution in [3.63, 3.8) is 0 Å². The van der Waals surface area contributed by atoms with Crippen LogP contribution in [0, 0.1) is 6.92 Å². The van der Waals surface area contributed by atoms with Crippen LogP contribution in [0.25, 0.3) is 16.6 Å². The number of aryl methyl sites for hydroxylation is 1. The molecule has 0 aliphatic carbocycles. The molecule has 0 saturated carbocycles. The van der Waals surface area contributed by atoms with Crippen molar-refractivity contribution in [3.05, 3.63) is 76.0 Å². The number of carbonyl (C=O) groups excluding carboxylic acids is 2. The molecule has 206 valence electrons. The molecule has 40 heavy (non-hydrogen) atoms. The highest BCUT2D eigenvalue weighted by Crippen LogP contribution is 2.37. The molecule has 1 spiro atoms. The summed E-state index contributed by atoms with van der Waals surface area (Å²) in [4.78, 5) is 51.4. The van der Waals surface area contributed by atoms with Gasteiger partial charge in [-0.2, -0.15) is 0 Å². The van der Waals surface area contributed by atoms with Crippen LogP contribution in [0.4, 0.5) is 5.69 Å². The Hall–Kier alpha value is -4.18. The van der Waals surface area contributed by atoms with Gasteiger partial charge in [0.15, 0.2) is 0 Å². The first-order valence-corrected chi connectivity index (χ1v) is 14.0. The van der Waals surface area contributed by atoms with Gasteiger partial charge in [0.25, 0.3) is 11.5 Å². The Morgan fingerprint density at radius 2 is 1.80 bits per heavy atom. The van der Waals surface area contributed by atoms with Crippen LogP contribution in [0.5, 0.6) is 0 Å². The summed E-state index contributed by atoms with van der Waals surface area (Å²) in [5, 5.41) is 3.01. The molecule has 2 N–H and O–H groups in total. The molecule has 10 heteroatoms. The molecule has 3 fully saturated rings. The smallest absolute Gasteiger partial charge is 0.274 e. The molecule has 2 amide bonds. The molecule has 4 aromatic rings. The summed E-state index contributed by atoms with van der Waals surface area (Å²) in [6.07, 6.45) is 4.46. The molecular formula is C30H32N6O4. The highest BCUT2D eigenvalue weighted by Gasteiger charge is 2.50. The second-order valence-electron chi connectivity index (χ2n) is 11.1. The van der Waals surface area contributed by atoms with Crippen LogP contribution in [0.15, 0.2) is 53.5 Å². The monoisotopic (exact) mass is 540 g/mol. The average Bonchev–Trinajstić information content (AvgIpc) is 3.57. The van der Waals surface area contributed by atoms with Crippen molar-refractivity contribution in [2.75, 3.05) is 37.9 Å². The van der Waals surface area contributed by atoms with E-state index in [4.69, 9.17) is 4.74 Å². The van der Waals surface area contributed by atoms with E-state index in [0.717, 1.165) is 35.4 Å². The highest BCUT2D eigenvalue weighted by molar-refractivity contribution is 6.00. The van der Waals surface area contributed by atoms with Gasteiger partial charge in [-0.3, -0.25) is 18.8 Å². The van der Waals surface area contributed by atoms with Gasteiger partial charge < -0.3 is 24.8 Å². The maximum absolute atomic E-state index is 13.8. The Balaban J connectivity index is 1.19. The van der Waals surface area contributed by atoms with Gasteiger partial charge in [0, 0.05) is 43.5 Å². The van der Waals surface area contributed by atoms with E-state index in [1.165, 1.54) is 0 Å². The number of nitrogens with zero attached hydrogens (tertiary/aromatic N) is 4. The van der Waals surface area contributed by atoms with Crippen LogP contribution in [0.2, 0.25) is 0 Å². The van der Waals surface area contributed by atoms with E-state index in [9.17, 15) is 14.4 Å². The number of nitrogens with one attached hydrogen (secondary N) is 2. The summed E-state index contributed by atoms with van der Waals surface area (Å²) < 4.78 is 7.48. The standard InChI is InChI=1S/C30H32N6O4/c1-19-15-24-23(33-27(37)25-17-31-26(36(24)25)20-7-13-40-14-8-20)16-22(19)28(38)34-11-9-30(10-12-34)29(39)32-18-35(30)21-5-3-2-4-6-21/h2-6,15-17,20H,7-14,18H2,1H3,(H,32,39)(H,33,37). The Kier molecular flexibility index (Phi) is 5.88. The molecule has 0 unspecified atom stereocenters. The molecular weight excluding hydrogens is 508 g/mol. The number of H-pyrrole nitrogens is 1. The van der Waals surface area contributed by atoms with Crippen LogP contribution in [0.3, 0.4) is 0 Å². The molecule has 5 heterocycles. The number of hydrogen-bond donors (Lipinski definition) is 2. The van der Waals surface area contributed by atoms with Crippen LogP contribution < -0.4 is 15.8 Å².